The number of likely N-dealkylation sites (tertiary alicyclic amines) is 1. The summed E-state index contributed by atoms with van der Waals surface area (Å²) >= 11 is 0. The summed E-state index contributed by atoms with van der Waals surface area (Å²) in [6.07, 6.45) is 5.53. The van der Waals surface area contributed by atoms with Crippen molar-refractivity contribution in [3.05, 3.63) is 0 Å². The van der Waals surface area contributed by atoms with Crippen LogP contribution in [0.15, 0.2) is 0 Å². The van der Waals surface area contributed by atoms with E-state index in [1.807, 2.05) is 9.80 Å². The van der Waals surface area contributed by atoms with Crippen LogP contribution < -0.4 is 5.32 Å². The molecular weight excluding hydrogens is 516 g/mol. The molecule has 40 heavy (non-hydrogen) atoms. The van der Waals surface area contributed by atoms with Gasteiger partial charge in [0.05, 0.1) is 13.7 Å². The third kappa shape index (κ3) is 11.1. The first-order valence-corrected chi connectivity index (χ1v) is 14.8. The summed E-state index contributed by atoms with van der Waals surface area (Å²) in [6.45, 7) is 13.8. The molecule has 3 heterocycles. The predicted molar refractivity (Wildman–Crippen MR) is 151 cm³/mol. The second kappa shape index (κ2) is 15.4. The molecule has 3 saturated heterocycles. The maximum atomic E-state index is 12.4. The average molecular weight is 567 g/mol. The first-order chi connectivity index (χ1) is 19.0. The summed E-state index contributed by atoms with van der Waals surface area (Å²) < 4.78 is 15.6. The average Bonchev–Trinajstić information content (AvgIpc) is 3.25. The quantitative estimate of drug-likeness (QED) is 0.128. The number of piperazine rings is 1. The van der Waals surface area contributed by atoms with Crippen molar-refractivity contribution in [3.8, 4) is 0 Å². The fraction of sp³-hybridized carbons (Fsp3) is 0.857. The van der Waals surface area contributed by atoms with E-state index in [1.54, 1.807) is 20.8 Å². The Kier molecular flexibility index (Phi) is 12.3. The molecule has 2 amide bonds. The standard InChI is InChI=1S/C28H50N6O6/c1-28(2,3)40-26(36)30-25(29)33-14-10-22(11-15-33)8-5-6-13-34-21-23(39-27(34)37)20-32-18-16-31(17-19-32)12-7-9-24(35)38-4/h22-23H,5-21H2,1-4H3,(H2,29,30,36). The first-order valence-electron chi connectivity index (χ1n) is 14.8. The normalized spacial score (nSPS) is 21.3. The molecular formula is C28H50N6O6. The number of rotatable bonds is 11. The van der Waals surface area contributed by atoms with Crippen LogP contribution >= 0.6 is 0 Å². The lowest BCUT2D eigenvalue weighted by Gasteiger charge is -2.35. The summed E-state index contributed by atoms with van der Waals surface area (Å²) in [5.41, 5.74) is -0.588. The van der Waals surface area contributed by atoms with E-state index in [1.165, 1.54) is 7.11 Å². The van der Waals surface area contributed by atoms with Gasteiger partial charge < -0.3 is 28.9 Å². The van der Waals surface area contributed by atoms with Gasteiger partial charge in [0.1, 0.15) is 11.7 Å². The Morgan fingerprint density at radius 1 is 1.00 bits per heavy atom. The molecule has 12 heteroatoms. The number of carbonyl (C=O) groups excluding carboxylic acids is 3. The molecule has 0 aromatic carbocycles. The zero-order chi connectivity index (χ0) is 29.1. The van der Waals surface area contributed by atoms with Crippen LogP contribution in [0.2, 0.25) is 0 Å². The van der Waals surface area contributed by atoms with E-state index in [9.17, 15) is 14.4 Å². The molecule has 1 unspecified atom stereocenters. The minimum atomic E-state index is -0.589. The van der Waals surface area contributed by atoms with Gasteiger partial charge in [0, 0.05) is 58.8 Å². The van der Waals surface area contributed by atoms with Crippen LogP contribution in [0.4, 0.5) is 9.59 Å². The van der Waals surface area contributed by atoms with Crippen molar-refractivity contribution >= 4 is 24.1 Å². The van der Waals surface area contributed by atoms with Gasteiger partial charge in [-0.2, -0.15) is 0 Å². The number of hydrogen-bond acceptors (Lipinski definition) is 9. The molecule has 12 nitrogen and oxygen atoms in total. The van der Waals surface area contributed by atoms with Gasteiger partial charge in [0.15, 0.2) is 0 Å². The van der Waals surface area contributed by atoms with Crippen LogP contribution in [0.3, 0.4) is 0 Å². The highest BCUT2D eigenvalue weighted by atomic mass is 16.6. The van der Waals surface area contributed by atoms with E-state index >= 15 is 0 Å². The van der Waals surface area contributed by atoms with Crippen molar-refractivity contribution in [1.29, 1.82) is 5.41 Å². The van der Waals surface area contributed by atoms with Crippen LogP contribution in [-0.2, 0) is 19.0 Å². The van der Waals surface area contributed by atoms with Gasteiger partial charge in [-0.25, -0.2) is 9.59 Å². The van der Waals surface area contributed by atoms with Gasteiger partial charge in [-0.05, 0) is 58.9 Å². The molecule has 228 valence electrons. The van der Waals surface area contributed by atoms with Crippen molar-refractivity contribution in [1.82, 2.24) is 24.9 Å². The summed E-state index contributed by atoms with van der Waals surface area (Å²) in [6, 6.07) is 0. The zero-order valence-corrected chi connectivity index (χ0v) is 24.9. The smallest absolute Gasteiger partial charge is 0.414 e. The Balaban J connectivity index is 1.23. The minimum absolute atomic E-state index is 0.0766. The number of cyclic esters (lactones) is 1. The molecule has 3 aliphatic heterocycles. The molecule has 0 radical (unpaired) electrons. The molecule has 0 bridgehead atoms. The second-order valence-corrected chi connectivity index (χ2v) is 12.2. The Hall–Kier alpha value is -2.60. The molecule has 0 spiro atoms. The van der Waals surface area contributed by atoms with Gasteiger partial charge in [0.2, 0.25) is 5.96 Å². The second-order valence-electron chi connectivity index (χ2n) is 12.2. The maximum absolute atomic E-state index is 12.4. The van der Waals surface area contributed by atoms with Crippen molar-refractivity contribution < 1.29 is 28.6 Å². The molecule has 3 fully saturated rings. The van der Waals surface area contributed by atoms with Gasteiger partial charge in [-0.3, -0.25) is 20.4 Å². The summed E-state index contributed by atoms with van der Waals surface area (Å²) in [7, 11) is 1.43. The molecule has 2 N–H and O–H groups in total. The summed E-state index contributed by atoms with van der Waals surface area (Å²) in [4.78, 5) is 44.1. The number of methoxy groups -OCH3 is 1. The SMILES string of the molecule is COC(=O)CCCN1CCN(CC2CN(CCCCC3CCN(C(=N)NC(=O)OC(C)(C)C)CC3)C(=O)O2)CC1. The third-order valence-electron chi connectivity index (χ3n) is 7.80. The Labute approximate surface area is 239 Å². The maximum Gasteiger partial charge on any atom is 0.414 e. The number of amides is 2. The number of nitrogens with zero attached hydrogens (tertiary/aromatic N) is 4. The topological polar surface area (TPSA) is 128 Å². The largest absolute Gasteiger partial charge is 0.469 e. The number of hydrogen-bond donors (Lipinski definition) is 2. The molecule has 3 aliphatic rings. The van der Waals surface area contributed by atoms with Gasteiger partial charge in [0.25, 0.3) is 0 Å². The monoisotopic (exact) mass is 566 g/mol. The highest BCUT2D eigenvalue weighted by Crippen LogP contribution is 2.23. The van der Waals surface area contributed by atoms with E-state index < -0.39 is 11.7 Å². The highest BCUT2D eigenvalue weighted by molar-refractivity contribution is 5.92. The van der Waals surface area contributed by atoms with Gasteiger partial charge in [-0.1, -0.05) is 12.8 Å². The van der Waals surface area contributed by atoms with Gasteiger partial charge in [-0.15, -0.1) is 0 Å². The van der Waals surface area contributed by atoms with Gasteiger partial charge >= 0.3 is 18.2 Å². The van der Waals surface area contributed by atoms with Crippen molar-refractivity contribution in [3.63, 3.8) is 0 Å². The van der Waals surface area contributed by atoms with E-state index in [0.717, 1.165) is 97.4 Å². The van der Waals surface area contributed by atoms with E-state index in [-0.39, 0.29) is 24.1 Å². The van der Waals surface area contributed by atoms with Crippen LogP contribution in [0.25, 0.3) is 0 Å². The number of carbonyl (C=O) groups is 3. The molecule has 0 aromatic rings. The van der Waals surface area contributed by atoms with Crippen LogP contribution in [0.5, 0.6) is 0 Å². The molecule has 0 aliphatic carbocycles. The van der Waals surface area contributed by atoms with Crippen LogP contribution in [-0.4, -0.2) is 128 Å². The number of alkyl carbamates (subject to hydrolysis) is 1. The number of nitrogens with one attached hydrogen (secondary N) is 2. The Morgan fingerprint density at radius 2 is 1.68 bits per heavy atom. The minimum Gasteiger partial charge on any atom is -0.469 e. The molecule has 1 atom stereocenters. The van der Waals surface area contributed by atoms with Crippen molar-refractivity contribution in [2.45, 2.75) is 77.4 Å². The number of unbranched alkanes of at least 4 members (excludes halogenated alkanes) is 1. The zero-order valence-electron chi connectivity index (χ0n) is 24.9. The summed E-state index contributed by atoms with van der Waals surface area (Å²) in [5.74, 6) is 0.551. The van der Waals surface area contributed by atoms with E-state index in [2.05, 4.69) is 15.1 Å². The Bertz CT molecular complexity index is 849. The van der Waals surface area contributed by atoms with Crippen LogP contribution in [0.1, 0.15) is 65.7 Å². The first kappa shape index (κ1) is 31.9. The lowest BCUT2D eigenvalue weighted by atomic mass is 9.91. The summed E-state index contributed by atoms with van der Waals surface area (Å²) in [5, 5.41) is 10.7. The number of guanidine groups is 1. The Morgan fingerprint density at radius 3 is 2.33 bits per heavy atom. The third-order valence-corrected chi connectivity index (χ3v) is 7.80. The highest BCUT2D eigenvalue weighted by Gasteiger charge is 2.33. The molecule has 0 saturated carbocycles. The molecule has 3 rings (SSSR count). The number of ether oxygens (including phenoxy) is 3. The fourth-order valence-corrected chi connectivity index (χ4v) is 5.55. The number of piperidine rings is 1. The number of esters is 1. The molecule has 0 aromatic heterocycles. The van der Waals surface area contributed by atoms with E-state index in [0.29, 0.717) is 18.9 Å². The van der Waals surface area contributed by atoms with E-state index in [4.69, 9.17) is 19.6 Å². The lowest BCUT2D eigenvalue weighted by Crippen LogP contribution is -2.49. The lowest BCUT2D eigenvalue weighted by molar-refractivity contribution is -0.140. The fourth-order valence-electron chi connectivity index (χ4n) is 5.55. The predicted octanol–water partition coefficient (Wildman–Crippen LogP) is 2.72. The van der Waals surface area contributed by atoms with Crippen LogP contribution in [0, 0.1) is 11.3 Å². The van der Waals surface area contributed by atoms with Crippen molar-refractivity contribution in [2.75, 3.05) is 72.6 Å². The van der Waals surface area contributed by atoms with Crippen molar-refractivity contribution in [2.24, 2.45) is 5.92 Å².